The average Bonchev–Trinajstić information content (AvgIpc) is 3.62. The van der Waals surface area contributed by atoms with Gasteiger partial charge in [0.25, 0.3) is 0 Å². The molecule has 2 aromatic heterocycles. The van der Waals surface area contributed by atoms with Gasteiger partial charge >= 0.3 is 6.09 Å². The Kier molecular flexibility index (Phi) is 8.26. The first kappa shape index (κ1) is 30.2. The predicted octanol–water partition coefficient (Wildman–Crippen LogP) is 6.43. The van der Waals surface area contributed by atoms with Crippen LogP contribution in [0.3, 0.4) is 0 Å². The number of halogens is 1. The number of methoxy groups -OCH3 is 1. The zero-order valence-electron chi connectivity index (χ0n) is 25.7. The third kappa shape index (κ3) is 6.67. The Morgan fingerprint density at radius 1 is 1.16 bits per heavy atom. The van der Waals surface area contributed by atoms with E-state index in [1.807, 2.05) is 63.4 Å². The zero-order valence-corrected chi connectivity index (χ0v) is 26.5. The van der Waals surface area contributed by atoms with Crippen molar-refractivity contribution in [3.8, 4) is 23.7 Å². The van der Waals surface area contributed by atoms with Crippen LogP contribution in [0.1, 0.15) is 79.9 Å². The molecular weight excluding hydrogens is 590 g/mol. The predicted molar refractivity (Wildman–Crippen MR) is 171 cm³/mol. The van der Waals surface area contributed by atoms with Gasteiger partial charge in [0, 0.05) is 30.6 Å². The standard InChI is InChI=1S/C34H34ClN7O3/c1-34(2,3)45-33(43)41-14-13-24(20-41)42-32(37-18-21-5-10-25(44-4)11-6-21)27(17-36)30(40-42)12-9-23-15-31-26(16-29(23)35)28(19-38-39-31)22-7-8-22/h5-6,10-11,15-16,19,22,24,37H,7-8,13-14,18,20H2,1-4H3/t24-/m0/s1. The van der Waals surface area contributed by atoms with E-state index in [2.05, 4.69) is 33.4 Å². The van der Waals surface area contributed by atoms with Crippen LogP contribution in [0.15, 0.2) is 42.6 Å². The van der Waals surface area contributed by atoms with Gasteiger partial charge < -0.3 is 19.7 Å². The normalized spacial score (nSPS) is 16.2. The highest BCUT2D eigenvalue weighted by Crippen LogP contribution is 2.43. The summed E-state index contributed by atoms with van der Waals surface area (Å²) in [6.45, 7) is 6.88. The van der Waals surface area contributed by atoms with E-state index < -0.39 is 5.60 Å². The highest BCUT2D eigenvalue weighted by molar-refractivity contribution is 6.32. The van der Waals surface area contributed by atoms with E-state index in [0.717, 1.165) is 40.6 Å². The monoisotopic (exact) mass is 623 g/mol. The third-order valence-corrected chi connectivity index (χ3v) is 8.21. The highest BCUT2D eigenvalue weighted by Gasteiger charge is 2.33. The second-order valence-corrected chi connectivity index (χ2v) is 12.8. The first-order chi connectivity index (χ1) is 21.6. The second-order valence-electron chi connectivity index (χ2n) is 12.4. The van der Waals surface area contributed by atoms with Gasteiger partial charge in [-0.1, -0.05) is 29.7 Å². The van der Waals surface area contributed by atoms with E-state index in [4.69, 9.17) is 26.2 Å². The maximum atomic E-state index is 12.8. The van der Waals surface area contributed by atoms with Gasteiger partial charge in [-0.25, -0.2) is 9.48 Å². The van der Waals surface area contributed by atoms with E-state index in [0.29, 0.717) is 59.6 Å². The summed E-state index contributed by atoms with van der Waals surface area (Å²) >= 11 is 6.70. The quantitative estimate of drug-likeness (QED) is 0.244. The van der Waals surface area contributed by atoms with Crippen molar-refractivity contribution >= 4 is 34.4 Å². The molecule has 1 N–H and O–H groups in total. The number of benzene rings is 2. The Morgan fingerprint density at radius 2 is 1.93 bits per heavy atom. The summed E-state index contributed by atoms with van der Waals surface area (Å²) < 4.78 is 12.7. The minimum absolute atomic E-state index is 0.182. The van der Waals surface area contributed by atoms with Crippen LogP contribution in [0.2, 0.25) is 5.02 Å². The van der Waals surface area contributed by atoms with Crippen LogP contribution < -0.4 is 10.1 Å². The molecule has 230 valence electrons. The lowest BCUT2D eigenvalue weighted by Gasteiger charge is -2.24. The number of nitriles is 1. The summed E-state index contributed by atoms with van der Waals surface area (Å²) in [4.78, 5) is 14.5. The molecule has 1 saturated heterocycles. The number of hydrogen-bond donors (Lipinski definition) is 1. The first-order valence-electron chi connectivity index (χ1n) is 15.0. The highest BCUT2D eigenvalue weighted by atomic mass is 35.5. The molecule has 0 bridgehead atoms. The van der Waals surface area contributed by atoms with Gasteiger partial charge in [0.2, 0.25) is 0 Å². The van der Waals surface area contributed by atoms with Crippen LogP contribution in [0.25, 0.3) is 10.9 Å². The maximum Gasteiger partial charge on any atom is 0.410 e. The summed E-state index contributed by atoms with van der Waals surface area (Å²) in [6, 6.07) is 13.6. The summed E-state index contributed by atoms with van der Waals surface area (Å²) in [7, 11) is 1.62. The molecule has 1 aliphatic heterocycles. The SMILES string of the molecule is COc1ccc(CNc2c(C#N)c(C#Cc3cc4nncc(C5CC5)c4cc3Cl)nn2[C@H]2CCN(C(=O)OC(C)(C)C)C2)cc1. The molecule has 2 aliphatic rings. The van der Waals surface area contributed by atoms with Crippen molar-refractivity contribution in [3.05, 3.63) is 75.6 Å². The lowest BCUT2D eigenvalue weighted by molar-refractivity contribution is 0.0288. The number of nitrogens with zero attached hydrogens (tertiary/aromatic N) is 6. The van der Waals surface area contributed by atoms with Gasteiger partial charge in [-0.2, -0.15) is 20.6 Å². The topological polar surface area (TPSA) is 118 Å². The Morgan fingerprint density at radius 3 is 2.62 bits per heavy atom. The molecule has 6 rings (SSSR count). The van der Waals surface area contributed by atoms with Crippen molar-refractivity contribution in [2.75, 3.05) is 25.5 Å². The van der Waals surface area contributed by atoms with Gasteiger partial charge in [-0.3, -0.25) is 0 Å². The number of ether oxygens (including phenoxy) is 2. The van der Waals surface area contributed by atoms with Crippen LogP contribution in [0.4, 0.5) is 10.6 Å². The molecule has 2 fully saturated rings. The number of carbonyl (C=O) groups excluding carboxylic acids is 1. The first-order valence-corrected chi connectivity index (χ1v) is 15.4. The Labute approximate surface area is 267 Å². The van der Waals surface area contributed by atoms with E-state index in [-0.39, 0.29) is 12.1 Å². The maximum absolute atomic E-state index is 12.8. The van der Waals surface area contributed by atoms with Crippen molar-refractivity contribution in [1.29, 1.82) is 5.26 Å². The smallest absolute Gasteiger partial charge is 0.410 e. The molecule has 1 amide bonds. The number of fused-ring (bicyclic) bond motifs is 1. The summed E-state index contributed by atoms with van der Waals surface area (Å²) in [5.74, 6) is 8.03. The summed E-state index contributed by atoms with van der Waals surface area (Å²) in [6.07, 6.45) is 4.38. The number of amides is 1. The Balaban J connectivity index is 1.33. The molecule has 4 aromatic rings. The molecule has 0 spiro atoms. The number of rotatable bonds is 6. The van der Waals surface area contributed by atoms with E-state index in [1.165, 1.54) is 0 Å². The van der Waals surface area contributed by atoms with Crippen molar-refractivity contribution in [3.63, 3.8) is 0 Å². The molecule has 0 radical (unpaired) electrons. The van der Waals surface area contributed by atoms with E-state index in [1.54, 1.807) is 16.7 Å². The molecule has 0 unspecified atom stereocenters. The van der Waals surface area contributed by atoms with Gasteiger partial charge in [-0.15, -0.1) is 0 Å². The fourth-order valence-electron chi connectivity index (χ4n) is 5.46. The molecule has 10 nitrogen and oxygen atoms in total. The number of anilines is 1. The third-order valence-electron chi connectivity index (χ3n) is 7.89. The van der Waals surface area contributed by atoms with Crippen molar-refractivity contribution in [2.24, 2.45) is 0 Å². The molecule has 45 heavy (non-hydrogen) atoms. The molecular formula is C34H34ClN7O3. The molecule has 11 heteroatoms. The number of likely N-dealkylation sites (tertiary alicyclic amines) is 1. The van der Waals surface area contributed by atoms with E-state index >= 15 is 0 Å². The number of nitrogens with one attached hydrogen (secondary N) is 1. The minimum Gasteiger partial charge on any atom is -0.497 e. The number of hydrogen-bond acceptors (Lipinski definition) is 8. The number of aromatic nitrogens is 4. The fraction of sp³-hybridized carbons (Fsp3) is 0.382. The fourth-order valence-corrected chi connectivity index (χ4v) is 5.68. The van der Waals surface area contributed by atoms with Gasteiger partial charge in [0.15, 0.2) is 5.69 Å². The molecule has 1 saturated carbocycles. The van der Waals surface area contributed by atoms with Crippen molar-refractivity contribution in [2.45, 2.75) is 64.1 Å². The molecule has 3 heterocycles. The van der Waals surface area contributed by atoms with Crippen LogP contribution in [-0.2, 0) is 11.3 Å². The number of carbonyl (C=O) groups is 1. The van der Waals surface area contributed by atoms with Crippen LogP contribution in [-0.4, -0.2) is 56.8 Å². The lowest BCUT2D eigenvalue weighted by atomic mass is 10.0. The van der Waals surface area contributed by atoms with Gasteiger partial charge in [-0.05, 0) is 87.3 Å². The molecule has 1 atom stereocenters. The van der Waals surface area contributed by atoms with Crippen LogP contribution in [0, 0.1) is 23.2 Å². The van der Waals surface area contributed by atoms with Crippen molar-refractivity contribution < 1.29 is 14.3 Å². The molecule has 1 aliphatic carbocycles. The van der Waals surface area contributed by atoms with E-state index in [9.17, 15) is 10.1 Å². The van der Waals surface area contributed by atoms with Crippen molar-refractivity contribution in [1.82, 2.24) is 24.9 Å². The van der Waals surface area contributed by atoms with Crippen LogP contribution in [0.5, 0.6) is 5.75 Å². The minimum atomic E-state index is -0.599. The zero-order chi connectivity index (χ0) is 31.7. The second kappa shape index (κ2) is 12.3. The lowest BCUT2D eigenvalue weighted by Crippen LogP contribution is -2.35. The summed E-state index contributed by atoms with van der Waals surface area (Å²) in [5.41, 5.74) is 3.51. The largest absolute Gasteiger partial charge is 0.497 e. The Hall–Kier alpha value is -4.80. The Bertz CT molecular complexity index is 1860. The van der Waals surface area contributed by atoms with Gasteiger partial charge in [0.05, 0.1) is 29.9 Å². The summed E-state index contributed by atoms with van der Waals surface area (Å²) in [5, 5.41) is 28.5. The average molecular weight is 624 g/mol. The van der Waals surface area contributed by atoms with Crippen LogP contribution >= 0.6 is 11.6 Å². The van der Waals surface area contributed by atoms with Gasteiger partial charge in [0.1, 0.15) is 28.8 Å². The molecule has 2 aromatic carbocycles.